The van der Waals surface area contributed by atoms with Gasteiger partial charge in [-0.15, -0.1) is 11.7 Å². The lowest BCUT2D eigenvalue weighted by atomic mass is 10.1. The summed E-state index contributed by atoms with van der Waals surface area (Å²) in [6.07, 6.45) is 1.52. The fourth-order valence-electron chi connectivity index (χ4n) is 1.22. The lowest BCUT2D eigenvalue weighted by molar-refractivity contribution is 0.625. The van der Waals surface area contributed by atoms with E-state index < -0.39 is 14.8 Å². The third-order valence-electron chi connectivity index (χ3n) is 1.87. The van der Waals surface area contributed by atoms with E-state index in [-0.39, 0.29) is 0 Å². The molecule has 0 aliphatic carbocycles. The summed E-state index contributed by atoms with van der Waals surface area (Å²) in [4.78, 5) is -0.576. The molecule has 0 unspecified atom stereocenters. The van der Waals surface area contributed by atoms with Crippen molar-refractivity contribution >= 4 is 15.8 Å². The van der Waals surface area contributed by atoms with Gasteiger partial charge in [0.25, 0.3) is 0 Å². The molecule has 0 bridgehead atoms. The Balaban J connectivity index is 3.13. The molecule has 1 aromatic rings. The van der Waals surface area contributed by atoms with Crippen LogP contribution < -0.4 is 0 Å². The zero-order chi connectivity index (χ0) is 10.8. The average Bonchev–Trinajstić information content (AvgIpc) is 2.02. The molecule has 0 saturated carbocycles. The molecule has 1 rings (SSSR count). The summed E-state index contributed by atoms with van der Waals surface area (Å²) >= 11 is 0. The minimum Gasteiger partial charge on any atom is -0.131 e. The summed E-state index contributed by atoms with van der Waals surface area (Å²) < 4.78 is 38.7. The fraction of sp³-hybridized carbons (Fsp3) is 0.300. The standard InChI is InChI=1S/C10H13F3S/c1-3-5-9-6-4-7-10(8-9)14(2,11,12)13/h4,6-8H,2-3,5H2,1H3. The Hall–Kier alpha value is -0.770. The van der Waals surface area contributed by atoms with Crippen LogP contribution in [-0.4, -0.2) is 5.87 Å². The maximum atomic E-state index is 12.9. The molecule has 0 fully saturated rings. The van der Waals surface area contributed by atoms with Crippen LogP contribution in [0.1, 0.15) is 18.9 Å². The summed E-state index contributed by atoms with van der Waals surface area (Å²) in [5.74, 6) is 2.38. The van der Waals surface area contributed by atoms with Gasteiger partial charge in [-0.05, 0) is 30.0 Å². The molecule has 0 aliphatic heterocycles. The Morgan fingerprint density at radius 3 is 2.43 bits per heavy atom. The van der Waals surface area contributed by atoms with E-state index in [2.05, 4.69) is 5.87 Å². The zero-order valence-corrected chi connectivity index (χ0v) is 8.79. The van der Waals surface area contributed by atoms with Gasteiger partial charge in [0, 0.05) is 0 Å². The molecular formula is C10H13F3S. The topological polar surface area (TPSA) is 0 Å². The lowest BCUT2D eigenvalue weighted by Crippen LogP contribution is -1.90. The first-order valence-electron chi connectivity index (χ1n) is 4.34. The highest BCUT2D eigenvalue weighted by Crippen LogP contribution is 2.68. The van der Waals surface area contributed by atoms with Crippen molar-refractivity contribution in [2.24, 2.45) is 0 Å². The van der Waals surface area contributed by atoms with E-state index >= 15 is 0 Å². The van der Waals surface area contributed by atoms with Crippen molar-refractivity contribution in [2.75, 3.05) is 0 Å². The number of hydrogen-bond donors (Lipinski definition) is 0. The monoisotopic (exact) mass is 222 g/mol. The van der Waals surface area contributed by atoms with E-state index in [4.69, 9.17) is 0 Å². The van der Waals surface area contributed by atoms with E-state index in [1.54, 1.807) is 6.07 Å². The average molecular weight is 222 g/mol. The van der Waals surface area contributed by atoms with E-state index in [1.165, 1.54) is 12.1 Å². The Kier molecular flexibility index (Phi) is 2.76. The largest absolute Gasteiger partial charge is 0.158 e. The van der Waals surface area contributed by atoms with Crippen LogP contribution in [0, 0.1) is 0 Å². The quantitative estimate of drug-likeness (QED) is 0.664. The van der Waals surface area contributed by atoms with Gasteiger partial charge < -0.3 is 0 Å². The van der Waals surface area contributed by atoms with E-state index in [0.29, 0.717) is 6.42 Å². The zero-order valence-electron chi connectivity index (χ0n) is 7.97. The van der Waals surface area contributed by atoms with Crippen molar-refractivity contribution in [2.45, 2.75) is 24.7 Å². The maximum absolute atomic E-state index is 12.9. The molecule has 1 aromatic carbocycles. The Morgan fingerprint density at radius 1 is 1.29 bits per heavy atom. The minimum atomic E-state index is -6.06. The lowest BCUT2D eigenvalue weighted by Gasteiger charge is -2.21. The third kappa shape index (κ3) is 2.87. The van der Waals surface area contributed by atoms with Gasteiger partial charge in [0.15, 0.2) is 9.91 Å². The van der Waals surface area contributed by atoms with Crippen molar-refractivity contribution in [1.82, 2.24) is 0 Å². The summed E-state index contributed by atoms with van der Waals surface area (Å²) in [7, 11) is -6.06. The van der Waals surface area contributed by atoms with Gasteiger partial charge in [-0.2, -0.15) is 0 Å². The number of rotatable bonds is 3. The molecule has 80 valence electrons. The van der Waals surface area contributed by atoms with Crippen molar-refractivity contribution < 1.29 is 11.7 Å². The van der Waals surface area contributed by atoms with Gasteiger partial charge in [-0.3, -0.25) is 0 Å². The van der Waals surface area contributed by atoms with Crippen molar-refractivity contribution in [3.05, 3.63) is 29.8 Å². The van der Waals surface area contributed by atoms with Crippen LogP contribution in [0.25, 0.3) is 0 Å². The first-order valence-corrected chi connectivity index (χ1v) is 6.25. The maximum Gasteiger partial charge on any atom is 0.158 e. The molecule has 0 saturated heterocycles. The Labute approximate surface area is 82.5 Å². The van der Waals surface area contributed by atoms with Gasteiger partial charge in [-0.25, -0.2) is 0 Å². The number of hydrogen-bond acceptors (Lipinski definition) is 0. The van der Waals surface area contributed by atoms with Gasteiger partial charge >= 0.3 is 0 Å². The molecular weight excluding hydrogens is 209 g/mol. The Morgan fingerprint density at radius 2 is 1.93 bits per heavy atom. The van der Waals surface area contributed by atoms with Crippen LogP contribution >= 0.6 is 9.91 Å². The summed E-state index contributed by atoms with van der Waals surface area (Å²) in [5.41, 5.74) is 0.726. The normalized spacial score (nSPS) is 14.7. The summed E-state index contributed by atoms with van der Waals surface area (Å²) in [6.45, 7) is 1.94. The van der Waals surface area contributed by atoms with Crippen LogP contribution in [0.4, 0.5) is 11.7 Å². The van der Waals surface area contributed by atoms with E-state index in [1.807, 2.05) is 6.92 Å². The van der Waals surface area contributed by atoms with Crippen LogP contribution in [0.3, 0.4) is 0 Å². The van der Waals surface area contributed by atoms with Gasteiger partial charge in [-0.1, -0.05) is 25.5 Å². The number of benzene rings is 1. The Bertz CT molecular complexity index is 381. The van der Waals surface area contributed by atoms with Gasteiger partial charge in [0.05, 0.1) is 4.90 Å². The first kappa shape index (κ1) is 11.3. The predicted molar refractivity (Wildman–Crippen MR) is 56.7 cm³/mol. The first-order chi connectivity index (χ1) is 6.30. The smallest absolute Gasteiger partial charge is 0.131 e. The molecule has 4 heteroatoms. The molecule has 0 nitrogen and oxygen atoms in total. The van der Waals surface area contributed by atoms with Crippen LogP contribution in [0.5, 0.6) is 0 Å². The highest BCUT2D eigenvalue weighted by Gasteiger charge is 2.29. The van der Waals surface area contributed by atoms with Gasteiger partial charge in [0.1, 0.15) is 0 Å². The predicted octanol–water partition coefficient (Wildman–Crippen LogP) is 4.42. The minimum absolute atomic E-state index is 0.576. The second-order valence-electron chi connectivity index (χ2n) is 3.28. The third-order valence-corrected chi connectivity index (χ3v) is 2.99. The molecule has 0 atom stereocenters. The highest BCUT2D eigenvalue weighted by molar-refractivity contribution is 8.34. The van der Waals surface area contributed by atoms with E-state index in [9.17, 15) is 11.7 Å². The van der Waals surface area contributed by atoms with Crippen LogP contribution in [-0.2, 0) is 6.42 Å². The highest BCUT2D eigenvalue weighted by atomic mass is 32.4. The van der Waals surface area contributed by atoms with Crippen LogP contribution in [0.15, 0.2) is 29.2 Å². The molecule has 0 heterocycles. The fourth-order valence-corrected chi connectivity index (χ4v) is 1.92. The van der Waals surface area contributed by atoms with Crippen LogP contribution in [0.2, 0.25) is 0 Å². The number of aryl methyl sites for hydroxylation is 1. The molecule has 0 radical (unpaired) electrons. The van der Waals surface area contributed by atoms with Gasteiger partial charge in [0.2, 0.25) is 0 Å². The van der Waals surface area contributed by atoms with Crippen molar-refractivity contribution in [3.63, 3.8) is 0 Å². The molecule has 0 spiro atoms. The second kappa shape index (κ2) is 3.42. The SMILES string of the molecule is C=S(F)(F)(F)c1cccc(CCC)c1. The van der Waals surface area contributed by atoms with Crippen molar-refractivity contribution in [3.8, 4) is 0 Å². The summed E-state index contributed by atoms with van der Waals surface area (Å²) in [6, 6.07) is 5.46. The molecule has 0 amide bonds. The molecule has 0 N–H and O–H groups in total. The second-order valence-corrected chi connectivity index (χ2v) is 5.50. The molecule has 0 aliphatic rings. The molecule has 0 aromatic heterocycles. The number of halogens is 3. The van der Waals surface area contributed by atoms with E-state index in [0.717, 1.165) is 18.1 Å². The van der Waals surface area contributed by atoms with Crippen molar-refractivity contribution in [1.29, 1.82) is 0 Å². The summed E-state index contributed by atoms with van der Waals surface area (Å²) in [5, 5.41) is 0. The molecule has 14 heavy (non-hydrogen) atoms.